The lowest BCUT2D eigenvalue weighted by Crippen LogP contribution is -2.57. The highest BCUT2D eigenvalue weighted by molar-refractivity contribution is 4.99. The summed E-state index contributed by atoms with van der Waals surface area (Å²) in [5, 5.41) is 0. The van der Waals surface area contributed by atoms with Gasteiger partial charge in [-0.3, -0.25) is 4.90 Å². The molecule has 0 spiro atoms. The molecule has 0 aliphatic heterocycles. The Bertz CT molecular complexity index is 307. The van der Waals surface area contributed by atoms with Crippen LogP contribution in [0.15, 0.2) is 0 Å². The van der Waals surface area contributed by atoms with Gasteiger partial charge < -0.3 is 0 Å². The van der Waals surface area contributed by atoms with E-state index in [9.17, 15) is 0 Å². The molecule has 1 fully saturated rings. The Balaban J connectivity index is 3.08. The van der Waals surface area contributed by atoms with Gasteiger partial charge in [0.05, 0.1) is 0 Å². The fourth-order valence-electron chi connectivity index (χ4n) is 4.50. The number of rotatable bonds is 3. The van der Waals surface area contributed by atoms with Crippen LogP contribution in [-0.4, -0.2) is 22.5 Å². The molecule has 20 heavy (non-hydrogen) atoms. The topological polar surface area (TPSA) is 3.24 Å². The van der Waals surface area contributed by atoms with E-state index in [1.54, 1.807) is 0 Å². The molecule has 1 aliphatic carbocycles. The van der Waals surface area contributed by atoms with Crippen LogP contribution in [0.5, 0.6) is 0 Å². The van der Waals surface area contributed by atoms with Crippen LogP contribution in [0.25, 0.3) is 0 Å². The standard InChI is InChI=1S/C19H39N/c1-11-16-13(2)12-17(14(16)3)20(19(8,9)10)15(4)18(5,6)7/h13-17H,11-12H2,1-10H3. The minimum absolute atomic E-state index is 0.244. The molecule has 0 amide bonds. The van der Waals surface area contributed by atoms with Crippen molar-refractivity contribution in [1.29, 1.82) is 0 Å². The van der Waals surface area contributed by atoms with E-state index in [1.807, 2.05) is 0 Å². The second kappa shape index (κ2) is 5.99. The fourth-order valence-corrected chi connectivity index (χ4v) is 4.50. The van der Waals surface area contributed by atoms with E-state index in [0.29, 0.717) is 11.5 Å². The van der Waals surface area contributed by atoms with Crippen molar-refractivity contribution >= 4 is 0 Å². The van der Waals surface area contributed by atoms with Gasteiger partial charge in [0.2, 0.25) is 0 Å². The van der Waals surface area contributed by atoms with Crippen LogP contribution in [0, 0.1) is 23.2 Å². The first-order valence-corrected chi connectivity index (χ1v) is 8.69. The summed E-state index contributed by atoms with van der Waals surface area (Å²) in [4.78, 5) is 2.84. The Hall–Kier alpha value is -0.0400. The summed E-state index contributed by atoms with van der Waals surface area (Å²) in [5.41, 5.74) is 0.578. The van der Waals surface area contributed by atoms with Gasteiger partial charge in [-0.05, 0) is 57.3 Å². The summed E-state index contributed by atoms with van der Waals surface area (Å²) in [7, 11) is 0. The third-order valence-corrected chi connectivity index (χ3v) is 5.90. The molecule has 0 N–H and O–H groups in total. The average molecular weight is 282 g/mol. The van der Waals surface area contributed by atoms with E-state index < -0.39 is 0 Å². The van der Waals surface area contributed by atoms with Gasteiger partial charge in [-0.2, -0.15) is 0 Å². The van der Waals surface area contributed by atoms with Gasteiger partial charge in [-0.25, -0.2) is 0 Å². The van der Waals surface area contributed by atoms with Crippen molar-refractivity contribution in [2.45, 2.75) is 99.7 Å². The first kappa shape index (κ1) is 18.0. The lowest BCUT2D eigenvalue weighted by atomic mass is 9.81. The summed E-state index contributed by atoms with van der Waals surface area (Å²) >= 11 is 0. The molecule has 120 valence electrons. The van der Waals surface area contributed by atoms with Crippen LogP contribution < -0.4 is 0 Å². The molecule has 1 rings (SSSR count). The summed E-state index contributed by atoms with van der Waals surface area (Å²) in [6, 6.07) is 1.35. The lowest BCUT2D eigenvalue weighted by molar-refractivity contribution is -0.0210. The maximum Gasteiger partial charge on any atom is 0.0134 e. The quantitative estimate of drug-likeness (QED) is 0.651. The Labute approximate surface area is 128 Å². The minimum atomic E-state index is 0.244. The number of hydrogen-bond donors (Lipinski definition) is 0. The molecule has 1 aliphatic rings. The van der Waals surface area contributed by atoms with Gasteiger partial charge in [0, 0.05) is 17.6 Å². The van der Waals surface area contributed by atoms with Crippen LogP contribution >= 0.6 is 0 Å². The Morgan fingerprint density at radius 1 is 1.05 bits per heavy atom. The van der Waals surface area contributed by atoms with E-state index in [-0.39, 0.29) is 5.54 Å². The smallest absolute Gasteiger partial charge is 0.0134 e. The molecule has 0 heterocycles. The zero-order valence-corrected chi connectivity index (χ0v) is 15.7. The van der Waals surface area contributed by atoms with Crippen LogP contribution in [-0.2, 0) is 0 Å². The molecule has 0 aromatic carbocycles. The predicted octanol–water partition coefficient (Wildman–Crippen LogP) is 5.59. The van der Waals surface area contributed by atoms with Gasteiger partial charge in [0.25, 0.3) is 0 Å². The van der Waals surface area contributed by atoms with Gasteiger partial charge in [0.1, 0.15) is 0 Å². The molecular formula is C19H39N. The maximum absolute atomic E-state index is 2.84. The highest BCUT2D eigenvalue weighted by Crippen LogP contribution is 2.45. The summed E-state index contributed by atoms with van der Waals surface area (Å²) in [6.45, 7) is 24.1. The average Bonchev–Trinajstić information content (AvgIpc) is 2.51. The second-order valence-electron chi connectivity index (χ2n) is 9.33. The van der Waals surface area contributed by atoms with Crippen LogP contribution in [0.3, 0.4) is 0 Å². The first-order chi connectivity index (χ1) is 8.91. The number of nitrogens with zero attached hydrogens (tertiary/aromatic N) is 1. The number of hydrogen-bond acceptors (Lipinski definition) is 1. The second-order valence-corrected chi connectivity index (χ2v) is 9.33. The van der Waals surface area contributed by atoms with E-state index in [2.05, 4.69) is 74.1 Å². The van der Waals surface area contributed by atoms with E-state index in [0.717, 1.165) is 23.8 Å². The molecule has 0 aromatic rings. The molecule has 1 saturated carbocycles. The Morgan fingerprint density at radius 3 is 1.85 bits per heavy atom. The zero-order valence-electron chi connectivity index (χ0n) is 15.7. The highest BCUT2D eigenvalue weighted by atomic mass is 15.3. The molecule has 0 radical (unpaired) electrons. The van der Waals surface area contributed by atoms with Crippen LogP contribution in [0.2, 0.25) is 0 Å². The predicted molar refractivity (Wildman–Crippen MR) is 91.0 cm³/mol. The largest absolute Gasteiger partial charge is 0.292 e. The van der Waals surface area contributed by atoms with Crippen molar-refractivity contribution in [3.8, 4) is 0 Å². The summed E-state index contributed by atoms with van der Waals surface area (Å²) in [6.07, 6.45) is 2.71. The Morgan fingerprint density at radius 2 is 1.55 bits per heavy atom. The van der Waals surface area contributed by atoms with Crippen molar-refractivity contribution in [2.24, 2.45) is 23.2 Å². The van der Waals surface area contributed by atoms with Crippen LogP contribution in [0.4, 0.5) is 0 Å². The van der Waals surface area contributed by atoms with Crippen molar-refractivity contribution in [3.63, 3.8) is 0 Å². The first-order valence-electron chi connectivity index (χ1n) is 8.69. The zero-order chi connectivity index (χ0) is 15.9. The molecule has 5 unspecified atom stereocenters. The molecular weight excluding hydrogens is 242 g/mol. The molecule has 5 atom stereocenters. The maximum atomic E-state index is 2.84. The lowest BCUT2D eigenvalue weighted by Gasteiger charge is -2.50. The molecule has 0 bridgehead atoms. The normalized spacial score (nSPS) is 33.8. The molecule has 1 heteroatoms. The molecule has 1 nitrogen and oxygen atoms in total. The van der Waals surface area contributed by atoms with E-state index >= 15 is 0 Å². The van der Waals surface area contributed by atoms with Crippen molar-refractivity contribution in [3.05, 3.63) is 0 Å². The van der Waals surface area contributed by atoms with Gasteiger partial charge in [-0.15, -0.1) is 0 Å². The Kier molecular flexibility index (Phi) is 5.39. The third kappa shape index (κ3) is 3.59. The van der Waals surface area contributed by atoms with E-state index in [4.69, 9.17) is 0 Å². The van der Waals surface area contributed by atoms with Crippen molar-refractivity contribution in [1.82, 2.24) is 4.90 Å². The van der Waals surface area contributed by atoms with Crippen molar-refractivity contribution in [2.75, 3.05) is 0 Å². The van der Waals surface area contributed by atoms with E-state index in [1.165, 1.54) is 12.8 Å². The van der Waals surface area contributed by atoms with Crippen LogP contribution in [0.1, 0.15) is 82.1 Å². The van der Waals surface area contributed by atoms with Gasteiger partial charge in [0.15, 0.2) is 0 Å². The SMILES string of the molecule is CCC1C(C)CC(N(C(C)C(C)(C)C)C(C)(C)C)C1C. The van der Waals surface area contributed by atoms with Gasteiger partial charge >= 0.3 is 0 Å². The monoisotopic (exact) mass is 281 g/mol. The fraction of sp³-hybridized carbons (Fsp3) is 1.00. The summed E-state index contributed by atoms with van der Waals surface area (Å²) in [5.74, 6) is 2.59. The third-order valence-electron chi connectivity index (χ3n) is 5.90. The minimum Gasteiger partial charge on any atom is -0.292 e. The summed E-state index contributed by atoms with van der Waals surface area (Å²) < 4.78 is 0. The highest BCUT2D eigenvalue weighted by Gasteiger charge is 2.46. The van der Waals surface area contributed by atoms with Gasteiger partial charge in [-0.1, -0.05) is 48.0 Å². The molecule has 0 saturated heterocycles. The van der Waals surface area contributed by atoms with Crippen molar-refractivity contribution < 1.29 is 0 Å². The molecule has 0 aromatic heterocycles.